The fourth-order valence-electron chi connectivity index (χ4n) is 7.69. The average molecular weight is 641 g/mol. The van der Waals surface area contributed by atoms with E-state index in [2.05, 4.69) is 4.98 Å². The molecular formula is C37H37ClN2O6. The van der Waals surface area contributed by atoms with Crippen LogP contribution >= 0.6 is 11.6 Å². The number of nitrogens with zero attached hydrogens (tertiary/aromatic N) is 1. The molecule has 0 spiro atoms. The summed E-state index contributed by atoms with van der Waals surface area (Å²) in [6.07, 6.45) is 0.237. The lowest BCUT2D eigenvalue weighted by Crippen LogP contribution is -2.53. The molecule has 3 aliphatic rings. The lowest BCUT2D eigenvalue weighted by Gasteiger charge is -2.41. The SMILES string of the molecule is CC1(C)[C@@]2(C(=O)O[C@H]3CN(C(=O)OCc4ccccc4)CC[C@@H]3c3c(-c4ccccc4)[nH]c4cc(Cl)ccc34)CC[C@]1(C)C(=O)O2. The minimum absolute atomic E-state index is 0.125. The Morgan fingerprint density at radius 1 is 1.00 bits per heavy atom. The van der Waals surface area contributed by atoms with Gasteiger partial charge in [-0.3, -0.25) is 4.79 Å². The summed E-state index contributed by atoms with van der Waals surface area (Å²) in [5.74, 6) is -1.21. The molecule has 4 aromatic rings. The molecule has 8 nitrogen and oxygen atoms in total. The summed E-state index contributed by atoms with van der Waals surface area (Å²) in [4.78, 5) is 45.9. The summed E-state index contributed by atoms with van der Waals surface area (Å²) in [7, 11) is 0. The molecule has 0 unspecified atom stereocenters. The number of piperidine rings is 1. The Labute approximate surface area is 273 Å². The van der Waals surface area contributed by atoms with Gasteiger partial charge in [-0.25, -0.2) is 9.59 Å². The number of halogens is 1. The Morgan fingerprint density at radius 3 is 2.39 bits per heavy atom. The smallest absolute Gasteiger partial charge is 0.410 e. The van der Waals surface area contributed by atoms with Crippen molar-refractivity contribution in [3.63, 3.8) is 0 Å². The summed E-state index contributed by atoms with van der Waals surface area (Å²) in [6.45, 7) is 6.36. The van der Waals surface area contributed by atoms with Gasteiger partial charge in [-0.1, -0.05) is 92.2 Å². The third-order valence-electron chi connectivity index (χ3n) is 10.9. The number of carbonyl (C=O) groups is 3. The van der Waals surface area contributed by atoms with Crippen LogP contribution in [0, 0.1) is 10.8 Å². The van der Waals surface area contributed by atoms with Crippen molar-refractivity contribution in [1.82, 2.24) is 9.88 Å². The van der Waals surface area contributed by atoms with E-state index in [9.17, 15) is 14.4 Å². The molecule has 1 aliphatic carbocycles. The van der Waals surface area contributed by atoms with E-state index < -0.39 is 34.6 Å². The minimum Gasteiger partial charge on any atom is -0.457 e. The molecule has 3 fully saturated rings. The highest BCUT2D eigenvalue weighted by molar-refractivity contribution is 6.31. The molecule has 9 heteroatoms. The zero-order chi connectivity index (χ0) is 32.3. The minimum atomic E-state index is -1.39. The van der Waals surface area contributed by atoms with Crippen LogP contribution < -0.4 is 0 Å². The van der Waals surface area contributed by atoms with Crippen molar-refractivity contribution in [2.45, 2.75) is 64.3 Å². The number of carbonyl (C=O) groups excluding carboxylic acids is 3. The molecule has 3 aromatic carbocycles. The first-order valence-electron chi connectivity index (χ1n) is 15.8. The van der Waals surface area contributed by atoms with Crippen LogP contribution in [-0.2, 0) is 30.4 Å². The number of ether oxygens (including phenoxy) is 3. The normalized spacial score (nSPS) is 26.6. The highest BCUT2D eigenvalue weighted by Gasteiger charge is 2.76. The van der Waals surface area contributed by atoms with Crippen molar-refractivity contribution in [2.24, 2.45) is 10.8 Å². The highest BCUT2D eigenvalue weighted by Crippen LogP contribution is 2.66. The number of rotatable bonds is 6. The molecule has 2 bridgehead atoms. The first-order chi connectivity index (χ1) is 22.0. The average Bonchev–Trinajstić information content (AvgIpc) is 3.58. The van der Waals surface area contributed by atoms with E-state index in [1.54, 1.807) is 4.90 Å². The predicted octanol–water partition coefficient (Wildman–Crippen LogP) is 7.65. The van der Waals surface area contributed by atoms with Gasteiger partial charge >= 0.3 is 18.0 Å². The molecule has 1 amide bonds. The van der Waals surface area contributed by atoms with Crippen LogP contribution in [0.5, 0.6) is 0 Å². The van der Waals surface area contributed by atoms with Crippen LogP contribution in [0.1, 0.15) is 57.1 Å². The maximum Gasteiger partial charge on any atom is 0.410 e. The Bertz CT molecular complexity index is 1820. The van der Waals surface area contributed by atoms with E-state index in [0.717, 1.165) is 33.3 Å². The molecule has 2 saturated heterocycles. The van der Waals surface area contributed by atoms with Gasteiger partial charge < -0.3 is 24.1 Å². The second-order valence-corrected chi connectivity index (χ2v) is 13.9. The van der Waals surface area contributed by atoms with Crippen molar-refractivity contribution in [3.05, 3.63) is 95.0 Å². The van der Waals surface area contributed by atoms with Crippen molar-refractivity contribution < 1.29 is 28.6 Å². The first kappa shape index (κ1) is 30.4. The Morgan fingerprint density at radius 2 is 1.72 bits per heavy atom. The van der Waals surface area contributed by atoms with Crippen molar-refractivity contribution >= 4 is 40.5 Å². The Hall–Kier alpha value is -4.30. The molecule has 1 N–H and O–H groups in total. The second kappa shape index (κ2) is 11.2. The second-order valence-electron chi connectivity index (χ2n) is 13.5. The van der Waals surface area contributed by atoms with Crippen molar-refractivity contribution in [3.8, 4) is 11.3 Å². The van der Waals surface area contributed by atoms with Gasteiger partial charge in [0, 0.05) is 33.8 Å². The van der Waals surface area contributed by atoms with Gasteiger partial charge in [0.25, 0.3) is 0 Å². The monoisotopic (exact) mass is 640 g/mol. The number of fused-ring (bicyclic) bond motifs is 3. The molecule has 238 valence electrons. The van der Waals surface area contributed by atoms with E-state index in [1.165, 1.54) is 0 Å². The van der Waals surface area contributed by atoms with Crippen LogP contribution in [-0.4, -0.2) is 52.7 Å². The number of esters is 2. The van der Waals surface area contributed by atoms with Gasteiger partial charge in [-0.15, -0.1) is 0 Å². The molecule has 2 aliphatic heterocycles. The van der Waals surface area contributed by atoms with Gasteiger partial charge in [0.05, 0.1) is 17.7 Å². The number of benzene rings is 3. The molecule has 4 atom stereocenters. The number of amides is 1. The Balaban J connectivity index is 1.25. The standard InChI is InChI=1S/C37H37ClN2O6/c1-35(2)36(3)17-18-37(35,46-32(36)41)33(42)45-29-21-40(34(43)44-22-23-10-6-4-7-11-23)19-16-27(29)30-26-15-14-25(38)20-28(26)39-31(30)24-12-8-5-9-13-24/h4-15,20,27,29,39H,16-19,21-22H2,1-3H3/t27-,29-,36+,37-/m0/s1. The highest BCUT2D eigenvalue weighted by atomic mass is 35.5. The topological polar surface area (TPSA) is 97.9 Å². The van der Waals surface area contributed by atoms with E-state index in [4.69, 9.17) is 25.8 Å². The summed E-state index contributed by atoms with van der Waals surface area (Å²) in [5.41, 5.74) is 1.69. The summed E-state index contributed by atoms with van der Waals surface area (Å²) in [6, 6.07) is 25.2. The number of H-pyrrole nitrogens is 1. The van der Waals surface area contributed by atoms with Crippen LogP contribution in [0.2, 0.25) is 5.02 Å². The predicted molar refractivity (Wildman–Crippen MR) is 174 cm³/mol. The van der Waals surface area contributed by atoms with Gasteiger partial charge in [-0.05, 0) is 55.0 Å². The summed E-state index contributed by atoms with van der Waals surface area (Å²) < 4.78 is 18.0. The van der Waals surface area contributed by atoms with E-state index in [-0.39, 0.29) is 25.0 Å². The lowest BCUT2D eigenvalue weighted by molar-refractivity contribution is -0.189. The third kappa shape index (κ3) is 4.68. The molecule has 1 aromatic heterocycles. The van der Waals surface area contributed by atoms with Crippen LogP contribution in [0.25, 0.3) is 22.2 Å². The van der Waals surface area contributed by atoms with E-state index >= 15 is 0 Å². The summed E-state index contributed by atoms with van der Waals surface area (Å²) >= 11 is 6.41. The maximum atomic E-state index is 14.3. The van der Waals surface area contributed by atoms with E-state index in [0.29, 0.717) is 30.8 Å². The van der Waals surface area contributed by atoms with Crippen molar-refractivity contribution in [1.29, 1.82) is 0 Å². The largest absolute Gasteiger partial charge is 0.457 e. The number of aromatic nitrogens is 1. The van der Waals surface area contributed by atoms with Gasteiger partial charge in [0.1, 0.15) is 12.7 Å². The lowest BCUT2D eigenvalue weighted by atomic mass is 9.66. The third-order valence-corrected chi connectivity index (χ3v) is 11.2. The fraction of sp³-hybridized carbons (Fsp3) is 0.378. The quantitative estimate of drug-likeness (QED) is 0.172. The zero-order valence-electron chi connectivity index (χ0n) is 26.2. The number of aromatic amines is 1. The zero-order valence-corrected chi connectivity index (χ0v) is 26.9. The van der Waals surface area contributed by atoms with Gasteiger partial charge in [-0.2, -0.15) is 0 Å². The first-order valence-corrected chi connectivity index (χ1v) is 16.2. The molecule has 46 heavy (non-hydrogen) atoms. The van der Waals surface area contributed by atoms with E-state index in [1.807, 2.05) is 99.6 Å². The number of hydrogen-bond donors (Lipinski definition) is 1. The van der Waals surface area contributed by atoms with Crippen LogP contribution in [0.4, 0.5) is 4.79 Å². The van der Waals surface area contributed by atoms with Crippen LogP contribution in [0.3, 0.4) is 0 Å². The number of hydrogen-bond acceptors (Lipinski definition) is 6. The molecule has 7 rings (SSSR count). The molecular weight excluding hydrogens is 604 g/mol. The maximum absolute atomic E-state index is 14.3. The Kier molecular flexibility index (Phi) is 7.39. The number of likely N-dealkylation sites (tertiary alicyclic amines) is 1. The van der Waals surface area contributed by atoms with Gasteiger partial charge in [0.15, 0.2) is 0 Å². The van der Waals surface area contributed by atoms with Crippen molar-refractivity contribution in [2.75, 3.05) is 13.1 Å². The molecule has 3 heterocycles. The number of nitrogens with one attached hydrogen (secondary N) is 1. The fourth-order valence-corrected chi connectivity index (χ4v) is 7.86. The van der Waals surface area contributed by atoms with Gasteiger partial charge in [0.2, 0.25) is 5.60 Å². The van der Waals surface area contributed by atoms with Crippen LogP contribution in [0.15, 0.2) is 78.9 Å². The summed E-state index contributed by atoms with van der Waals surface area (Å²) in [5, 5.41) is 1.57. The molecule has 0 radical (unpaired) electrons. The molecule has 1 saturated carbocycles.